The van der Waals surface area contributed by atoms with E-state index < -0.39 is 10.0 Å². The molecule has 146 valence electrons. The van der Waals surface area contributed by atoms with E-state index in [1.165, 1.54) is 10.4 Å². The zero-order valence-corrected chi connectivity index (χ0v) is 16.2. The Bertz CT molecular complexity index is 1070. The second kappa shape index (κ2) is 7.37. The molecule has 8 heteroatoms. The number of aromatic nitrogens is 1. The Morgan fingerprint density at radius 1 is 1.00 bits per heavy atom. The number of sulfonamides is 1. The fourth-order valence-corrected chi connectivity index (χ4v) is 4.73. The minimum Gasteiger partial charge on any atom is -0.441 e. The predicted octanol–water partition coefficient (Wildman–Crippen LogP) is 3.30. The van der Waals surface area contributed by atoms with Crippen molar-refractivity contribution in [2.75, 3.05) is 31.1 Å². The summed E-state index contributed by atoms with van der Waals surface area (Å²) in [6.07, 6.45) is 1.61. The molecule has 1 aromatic heterocycles. The van der Waals surface area contributed by atoms with Gasteiger partial charge in [-0.3, -0.25) is 0 Å². The first-order valence-electron chi connectivity index (χ1n) is 8.97. The highest BCUT2D eigenvalue weighted by Gasteiger charge is 2.29. The molecule has 1 aliphatic rings. The van der Waals surface area contributed by atoms with Crippen LogP contribution in [-0.4, -0.2) is 43.9 Å². The Morgan fingerprint density at radius 3 is 2.29 bits per heavy atom. The van der Waals surface area contributed by atoms with E-state index in [1.54, 1.807) is 55.6 Å². The highest BCUT2D eigenvalue weighted by molar-refractivity contribution is 7.89. The lowest BCUT2D eigenvalue weighted by molar-refractivity contribution is 0.383. The van der Waals surface area contributed by atoms with Crippen LogP contribution in [0.1, 0.15) is 5.89 Å². The summed E-state index contributed by atoms with van der Waals surface area (Å²) < 4.78 is 46.8. The second-order valence-corrected chi connectivity index (χ2v) is 8.55. The molecule has 0 bridgehead atoms. The Balaban J connectivity index is 1.48. The topological polar surface area (TPSA) is 66.7 Å². The van der Waals surface area contributed by atoms with Gasteiger partial charge in [0.1, 0.15) is 5.82 Å². The van der Waals surface area contributed by atoms with Crippen LogP contribution in [0, 0.1) is 12.7 Å². The molecule has 2 aromatic carbocycles. The van der Waals surface area contributed by atoms with Crippen LogP contribution in [0.3, 0.4) is 0 Å². The minimum absolute atomic E-state index is 0.229. The molecule has 0 spiro atoms. The molecular weight excluding hydrogens is 381 g/mol. The summed E-state index contributed by atoms with van der Waals surface area (Å²) in [7, 11) is -3.60. The molecule has 0 amide bonds. The Kier molecular flexibility index (Phi) is 4.91. The minimum atomic E-state index is -3.60. The van der Waals surface area contributed by atoms with E-state index in [4.69, 9.17) is 4.42 Å². The zero-order valence-electron chi connectivity index (χ0n) is 15.4. The van der Waals surface area contributed by atoms with Crippen molar-refractivity contribution in [3.63, 3.8) is 0 Å². The van der Waals surface area contributed by atoms with Gasteiger partial charge in [-0.2, -0.15) is 4.31 Å². The number of nitrogens with zero attached hydrogens (tertiary/aromatic N) is 3. The van der Waals surface area contributed by atoms with Gasteiger partial charge in [-0.05, 0) is 36.4 Å². The molecule has 0 unspecified atom stereocenters. The van der Waals surface area contributed by atoms with Crippen molar-refractivity contribution >= 4 is 15.7 Å². The number of halogens is 1. The SMILES string of the molecule is Cc1ncc(-c2ccc(S(=O)(=O)N3CCN(c4ccccc4F)CC3)cc2)o1. The van der Waals surface area contributed by atoms with Gasteiger partial charge in [-0.15, -0.1) is 0 Å². The normalized spacial score (nSPS) is 15.7. The van der Waals surface area contributed by atoms with E-state index in [0.29, 0.717) is 43.5 Å². The summed E-state index contributed by atoms with van der Waals surface area (Å²) in [5.74, 6) is 0.858. The first-order valence-corrected chi connectivity index (χ1v) is 10.4. The highest BCUT2D eigenvalue weighted by atomic mass is 32.2. The van der Waals surface area contributed by atoms with Crippen molar-refractivity contribution in [1.29, 1.82) is 0 Å². The van der Waals surface area contributed by atoms with Crippen LogP contribution in [0.4, 0.5) is 10.1 Å². The second-order valence-electron chi connectivity index (χ2n) is 6.61. The molecule has 1 aliphatic heterocycles. The number of para-hydroxylation sites is 1. The lowest BCUT2D eigenvalue weighted by Crippen LogP contribution is -2.48. The van der Waals surface area contributed by atoms with Gasteiger partial charge in [0.05, 0.1) is 16.8 Å². The lowest BCUT2D eigenvalue weighted by atomic mass is 10.2. The maximum atomic E-state index is 14.0. The van der Waals surface area contributed by atoms with E-state index in [9.17, 15) is 12.8 Å². The van der Waals surface area contributed by atoms with Gasteiger partial charge in [0, 0.05) is 38.7 Å². The smallest absolute Gasteiger partial charge is 0.243 e. The zero-order chi connectivity index (χ0) is 19.7. The largest absolute Gasteiger partial charge is 0.441 e. The summed E-state index contributed by atoms with van der Waals surface area (Å²) in [4.78, 5) is 6.15. The summed E-state index contributed by atoms with van der Waals surface area (Å²) in [5, 5.41) is 0. The van der Waals surface area contributed by atoms with Crippen molar-refractivity contribution in [3.8, 4) is 11.3 Å². The summed E-state index contributed by atoms with van der Waals surface area (Å²) in [5.41, 5.74) is 1.27. The molecule has 4 rings (SSSR count). The number of piperazine rings is 1. The first kappa shape index (κ1) is 18.6. The maximum absolute atomic E-state index is 14.0. The van der Waals surface area contributed by atoms with Gasteiger partial charge in [-0.25, -0.2) is 17.8 Å². The van der Waals surface area contributed by atoms with E-state index >= 15 is 0 Å². The number of hydrogen-bond donors (Lipinski definition) is 0. The molecular formula is C20H20FN3O3S. The highest BCUT2D eigenvalue weighted by Crippen LogP contribution is 2.26. The number of rotatable bonds is 4. The number of aryl methyl sites for hydroxylation is 1. The standard InChI is InChI=1S/C20H20FN3O3S/c1-15-22-14-20(27-15)16-6-8-17(9-7-16)28(25,26)24-12-10-23(11-13-24)19-5-3-2-4-18(19)21/h2-9,14H,10-13H2,1H3. The Hall–Kier alpha value is -2.71. The molecule has 1 fully saturated rings. The van der Waals surface area contributed by atoms with Crippen molar-refractivity contribution < 1.29 is 17.2 Å². The van der Waals surface area contributed by atoms with Gasteiger partial charge in [0.2, 0.25) is 10.0 Å². The van der Waals surface area contributed by atoms with Gasteiger partial charge < -0.3 is 9.32 Å². The summed E-state index contributed by atoms with van der Waals surface area (Å²) >= 11 is 0. The molecule has 0 saturated carbocycles. The van der Waals surface area contributed by atoms with E-state index in [1.807, 2.05) is 4.90 Å². The molecule has 0 atom stereocenters. The average Bonchev–Trinajstić information content (AvgIpc) is 3.15. The van der Waals surface area contributed by atoms with Gasteiger partial charge >= 0.3 is 0 Å². The van der Waals surface area contributed by atoms with Crippen LogP contribution in [0.25, 0.3) is 11.3 Å². The Morgan fingerprint density at radius 2 is 1.68 bits per heavy atom. The molecule has 3 aromatic rings. The number of oxazole rings is 1. The van der Waals surface area contributed by atoms with Gasteiger partial charge in [0.25, 0.3) is 0 Å². The molecule has 0 radical (unpaired) electrons. The van der Waals surface area contributed by atoms with Crippen LogP contribution >= 0.6 is 0 Å². The summed E-state index contributed by atoms with van der Waals surface area (Å²) in [6, 6.07) is 13.1. The van der Waals surface area contributed by atoms with E-state index in [2.05, 4.69) is 4.98 Å². The van der Waals surface area contributed by atoms with Crippen LogP contribution < -0.4 is 4.90 Å². The predicted molar refractivity (Wildman–Crippen MR) is 104 cm³/mol. The van der Waals surface area contributed by atoms with Crippen molar-refractivity contribution in [3.05, 3.63) is 66.4 Å². The molecule has 0 N–H and O–H groups in total. The molecule has 0 aliphatic carbocycles. The summed E-state index contributed by atoms with van der Waals surface area (Å²) in [6.45, 7) is 3.24. The van der Waals surface area contributed by atoms with Crippen LogP contribution in [0.15, 0.2) is 64.0 Å². The fourth-order valence-electron chi connectivity index (χ4n) is 3.31. The third kappa shape index (κ3) is 3.53. The number of hydrogen-bond acceptors (Lipinski definition) is 5. The fraction of sp³-hybridized carbons (Fsp3) is 0.250. The Labute approximate surface area is 163 Å². The monoisotopic (exact) mass is 401 g/mol. The van der Waals surface area contributed by atoms with E-state index in [-0.39, 0.29) is 10.7 Å². The van der Waals surface area contributed by atoms with E-state index in [0.717, 1.165) is 5.56 Å². The third-order valence-electron chi connectivity index (χ3n) is 4.83. The van der Waals surface area contributed by atoms with Crippen molar-refractivity contribution in [1.82, 2.24) is 9.29 Å². The van der Waals surface area contributed by atoms with Crippen molar-refractivity contribution in [2.45, 2.75) is 11.8 Å². The third-order valence-corrected chi connectivity index (χ3v) is 6.74. The van der Waals surface area contributed by atoms with Crippen LogP contribution in [0.2, 0.25) is 0 Å². The van der Waals surface area contributed by atoms with Gasteiger partial charge in [0.15, 0.2) is 11.7 Å². The molecule has 2 heterocycles. The van der Waals surface area contributed by atoms with Crippen molar-refractivity contribution in [2.24, 2.45) is 0 Å². The molecule has 6 nitrogen and oxygen atoms in total. The maximum Gasteiger partial charge on any atom is 0.243 e. The van der Waals surface area contributed by atoms with Crippen LogP contribution in [0.5, 0.6) is 0 Å². The quantitative estimate of drug-likeness (QED) is 0.671. The molecule has 28 heavy (non-hydrogen) atoms. The lowest BCUT2D eigenvalue weighted by Gasteiger charge is -2.35. The number of benzene rings is 2. The molecule has 1 saturated heterocycles. The number of anilines is 1. The van der Waals surface area contributed by atoms with Gasteiger partial charge in [-0.1, -0.05) is 12.1 Å². The van der Waals surface area contributed by atoms with Crippen LogP contribution in [-0.2, 0) is 10.0 Å². The first-order chi connectivity index (χ1) is 13.4. The average molecular weight is 401 g/mol.